The van der Waals surface area contributed by atoms with Crippen LogP contribution >= 0.6 is 11.8 Å². The monoisotopic (exact) mass is 294 g/mol. The molecular formula is C16H22O3S. The number of ether oxygens (including phenoxy) is 2. The molecule has 0 bridgehead atoms. The topological polar surface area (TPSA) is 35.5 Å². The molecule has 0 N–H and O–H groups in total. The van der Waals surface area contributed by atoms with Crippen molar-refractivity contribution in [1.29, 1.82) is 0 Å². The zero-order valence-corrected chi connectivity index (χ0v) is 13.2. The van der Waals surface area contributed by atoms with Gasteiger partial charge in [0.05, 0.1) is 18.6 Å². The third-order valence-corrected chi connectivity index (χ3v) is 4.12. The Bertz CT molecular complexity index is 483. The quantitative estimate of drug-likeness (QED) is 0.744. The Balaban J connectivity index is 1.99. The molecule has 0 unspecified atom stereocenters. The van der Waals surface area contributed by atoms with Gasteiger partial charge in [0.2, 0.25) is 0 Å². The minimum atomic E-state index is -0.430. The lowest BCUT2D eigenvalue weighted by Crippen LogP contribution is -2.35. The molecule has 3 nitrogen and oxygen atoms in total. The van der Waals surface area contributed by atoms with E-state index in [0.717, 1.165) is 23.7 Å². The SMILES string of the molecule is CCSCCCOc1ccc2c(c1)OC(C)(C)CC2=O. The van der Waals surface area contributed by atoms with Crippen LogP contribution in [0.5, 0.6) is 11.5 Å². The van der Waals surface area contributed by atoms with Gasteiger partial charge >= 0.3 is 0 Å². The highest BCUT2D eigenvalue weighted by atomic mass is 32.2. The van der Waals surface area contributed by atoms with Crippen LogP contribution in [0.15, 0.2) is 18.2 Å². The van der Waals surface area contributed by atoms with E-state index in [1.807, 2.05) is 43.8 Å². The van der Waals surface area contributed by atoms with Gasteiger partial charge in [-0.1, -0.05) is 6.92 Å². The second kappa shape index (κ2) is 6.53. The van der Waals surface area contributed by atoms with Crippen molar-refractivity contribution in [2.45, 2.75) is 39.2 Å². The molecule has 20 heavy (non-hydrogen) atoms. The largest absolute Gasteiger partial charge is 0.493 e. The number of ketones is 1. The van der Waals surface area contributed by atoms with Crippen LogP contribution in [0.2, 0.25) is 0 Å². The molecule has 1 heterocycles. The maximum Gasteiger partial charge on any atom is 0.170 e. The predicted molar refractivity (Wildman–Crippen MR) is 83.2 cm³/mol. The summed E-state index contributed by atoms with van der Waals surface area (Å²) in [4.78, 5) is 12.0. The highest BCUT2D eigenvalue weighted by Gasteiger charge is 2.32. The third-order valence-electron chi connectivity index (χ3n) is 3.13. The fourth-order valence-corrected chi connectivity index (χ4v) is 2.83. The van der Waals surface area contributed by atoms with Crippen LogP contribution in [-0.4, -0.2) is 29.5 Å². The third kappa shape index (κ3) is 3.92. The van der Waals surface area contributed by atoms with Gasteiger partial charge in [0.25, 0.3) is 0 Å². The molecule has 1 aromatic rings. The number of Topliss-reactive ketones (excluding diaryl/α,β-unsaturated/α-hetero) is 1. The summed E-state index contributed by atoms with van der Waals surface area (Å²) in [7, 11) is 0. The van der Waals surface area contributed by atoms with Gasteiger partial charge in [-0.25, -0.2) is 0 Å². The Kier molecular flexibility index (Phi) is 4.97. The smallest absolute Gasteiger partial charge is 0.170 e. The van der Waals surface area contributed by atoms with Crippen molar-refractivity contribution in [2.75, 3.05) is 18.1 Å². The van der Waals surface area contributed by atoms with E-state index in [1.165, 1.54) is 0 Å². The molecule has 0 aromatic heterocycles. The Morgan fingerprint density at radius 2 is 2.20 bits per heavy atom. The predicted octanol–water partition coefficient (Wildman–Crippen LogP) is 3.95. The van der Waals surface area contributed by atoms with E-state index in [4.69, 9.17) is 9.47 Å². The average molecular weight is 294 g/mol. The molecule has 4 heteroatoms. The lowest BCUT2D eigenvalue weighted by atomic mass is 9.93. The van der Waals surface area contributed by atoms with Crippen molar-refractivity contribution >= 4 is 17.5 Å². The summed E-state index contributed by atoms with van der Waals surface area (Å²) < 4.78 is 11.6. The fraction of sp³-hybridized carbons (Fsp3) is 0.562. The van der Waals surface area contributed by atoms with Crippen LogP contribution in [-0.2, 0) is 0 Å². The standard InChI is InChI=1S/C16H22O3S/c1-4-20-9-5-8-18-12-6-7-13-14(17)11-16(2,3)19-15(13)10-12/h6-7,10H,4-5,8-9,11H2,1-3H3. The number of hydrogen-bond acceptors (Lipinski definition) is 4. The van der Waals surface area contributed by atoms with E-state index in [-0.39, 0.29) is 5.78 Å². The van der Waals surface area contributed by atoms with E-state index >= 15 is 0 Å². The number of carbonyl (C=O) groups is 1. The van der Waals surface area contributed by atoms with E-state index in [0.29, 0.717) is 24.3 Å². The number of fused-ring (bicyclic) bond motifs is 1. The molecule has 0 saturated carbocycles. The molecule has 0 saturated heterocycles. The number of benzene rings is 1. The van der Waals surface area contributed by atoms with Crippen LogP contribution in [0.1, 0.15) is 44.0 Å². The van der Waals surface area contributed by atoms with Crippen molar-refractivity contribution < 1.29 is 14.3 Å². The lowest BCUT2D eigenvalue weighted by molar-refractivity contribution is 0.0618. The molecule has 0 atom stereocenters. The fourth-order valence-electron chi connectivity index (χ4n) is 2.22. The summed E-state index contributed by atoms with van der Waals surface area (Å²) in [5.41, 5.74) is 0.235. The molecule has 1 aromatic carbocycles. The maximum absolute atomic E-state index is 12.0. The second-order valence-corrected chi connectivity index (χ2v) is 6.91. The van der Waals surface area contributed by atoms with Crippen LogP contribution < -0.4 is 9.47 Å². The number of thioether (sulfide) groups is 1. The maximum atomic E-state index is 12.0. The highest BCUT2D eigenvalue weighted by molar-refractivity contribution is 7.99. The summed E-state index contributed by atoms with van der Waals surface area (Å²) in [5, 5.41) is 0. The number of rotatable bonds is 6. The van der Waals surface area contributed by atoms with E-state index in [9.17, 15) is 4.79 Å². The Labute approximate surface area is 125 Å². The Morgan fingerprint density at radius 1 is 1.40 bits per heavy atom. The van der Waals surface area contributed by atoms with Gasteiger partial charge in [-0.15, -0.1) is 0 Å². The van der Waals surface area contributed by atoms with Gasteiger partial charge in [0.15, 0.2) is 5.78 Å². The van der Waals surface area contributed by atoms with Gasteiger partial charge < -0.3 is 9.47 Å². The summed E-state index contributed by atoms with van der Waals surface area (Å²) >= 11 is 1.92. The van der Waals surface area contributed by atoms with Crippen molar-refractivity contribution in [3.8, 4) is 11.5 Å². The molecule has 0 spiro atoms. The van der Waals surface area contributed by atoms with E-state index < -0.39 is 5.60 Å². The first-order chi connectivity index (χ1) is 9.52. The molecule has 1 aliphatic rings. The molecule has 1 aliphatic heterocycles. The van der Waals surface area contributed by atoms with Crippen LogP contribution in [0, 0.1) is 0 Å². The van der Waals surface area contributed by atoms with E-state index in [2.05, 4.69) is 6.92 Å². The first-order valence-corrected chi connectivity index (χ1v) is 8.24. The zero-order valence-electron chi connectivity index (χ0n) is 12.4. The summed E-state index contributed by atoms with van der Waals surface area (Å²) in [6.45, 7) is 6.72. The van der Waals surface area contributed by atoms with E-state index in [1.54, 1.807) is 0 Å². The van der Waals surface area contributed by atoms with Gasteiger partial charge in [-0.3, -0.25) is 4.79 Å². The molecule has 0 amide bonds. The first-order valence-electron chi connectivity index (χ1n) is 7.08. The zero-order chi connectivity index (χ0) is 14.6. The summed E-state index contributed by atoms with van der Waals surface area (Å²) in [6.07, 6.45) is 1.45. The van der Waals surface area contributed by atoms with Gasteiger partial charge in [-0.2, -0.15) is 11.8 Å². The van der Waals surface area contributed by atoms with Gasteiger partial charge in [0.1, 0.15) is 17.1 Å². The minimum Gasteiger partial charge on any atom is -0.493 e. The number of hydrogen-bond donors (Lipinski definition) is 0. The molecule has 0 fully saturated rings. The highest BCUT2D eigenvalue weighted by Crippen LogP contribution is 2.35. The molecule has 110 valence electrons. The Morgan fingerprint density at radius 3 is 2.95 bits per heavy atom. The minimum absolute atomic E-state index is 0.141. The lowest BCUT2D eigenvalue weighted by Gasteiger charge is -2.31. The summed E-state index contributed by atoms with van der Waals surface area (Å²) in [6, 6.07) is 5.50. The van der Waals surface area contributed by atoms with Crippen molar-refractivity contribution in [2.24, 2.45) is 0 Å². The van der Waals surface area contributed by atoms with Crippen molar-refractivity contribution in [1.82, 2.24) is 0 Å². The average Bonchev–Trinajstić information content (AvgIpc) is 2.36. The van der Waals surface area contributed by atoms with Gasteiger partial charge in [0, 0.05) is 6.07 Å². The van der Waals surface area contributed by atoms with Crippen molar-refractivity contribution in [3.05, 3.63) is 23.8 Å². The van der Waals surface area contributed by atoms with Crippen molar-refractivity contribution in [3.63, 3.8) is 0 Å². The first kappa shape index (κ1) is 15.2. The molecule has 0 radical (unpaired) electrons. The second-order valence-electron chi connectivity index (χ2n) is 5.52. The van der Waals surface area contributed by atoms with Crippen LogP contribution in [0.4, 0.5) is 0 Å². The molecular weight excluding hydrogens is 272 g/mol. The molecule has 2 rings (SSSR count). The summed E-state index contributed by atoms with van der Waals surface area (Å²) in [5.74, 6) is 3.82. The molecule has 0 aliphatic carbocycles. The van der Waals surface area contributed by atoms with Gasteiger partial charge in [-0.05, 0) is 43.9 Å². The normalized spacial score (nSPS) is 16.4. The number of carbonyl (C=O) groups excluding carboxylic acids is 1. The van der Waals surface area contributed by atoms with Crippen LogP contribution in [0.3, 0.4) is 0 Å². The Hall–Kier alpha value is -1.16. The van der Waals surface area contributed by atoms with Crippen LogP contribution in [0.25, 0.3) is 0 Å².